The second-order valence-corrected chi connectivity index (χ2v) is 6.92. The molecule has 2 aromatic carbocycles. The Morgan fingerprint density at radius 2 is 2.07 bits per heavy atom. The number of carbonyl (C=O) groups is 1. The minimum atomic E-state index is -0.478. The molecule has 1 N–H and O–H groups in total. The van der Waals surface area contributed by atoms with E-state index in [1.54, 1.807) is 54.1 Å². The molecule has 4 aromatic rings. The summed E-state index contributed by atoms with van der Waals surface area (Å²) in [7, 11) is 0. The number of carbonyl (C=O) groups excluding carboxylic acids is 1. The standard InChI is InChI=1S/C21H16ClFN4O2/c1-13-7-8-17(16(23)10-13)24-19(28)12-27-9-3-6-18(27)21-25-20(26-29-21)14-4-2-5-15(22)11-14/h2-11H,12H2,1H3,(H,24,28). The number of rotatable bonds is 5. The van der Waals surface area contributed by atoms with Crippen molar-refractivity contribution >= 4 is 23.2 Å². The average Bonchev–Trinajstić information content (AvgIpc) is 3.33. The van der Waals surface area contributed by atoms with Crippen molar-refractivity contribution in [2.75, 3.05) is 5.32 Å². The number of hydrogen-bond donors (Lipinski definition) is 1. The fourth-order valence-electron chi connectivity index (χ4n) is 2.88. The second-order valence-electron chi connectivity index (χ2n) is 6.49. The molecular weight excluding hydrogens is 395 g/mol. The van der Waals surface area contributed by atoms with Gasteiger partial charge in [-0.15, -0.1) is 0 Å². The number of benzene rings is 2. The number of aromatic nitrogens is 3. The number of anilines is 1. The smallest absolute Gasteiger partial charge is 0.274 e. The summed E-state index contributed by atoms with van der Waals surface area (Å²) in [6.07, 6.45) is 1.71. The first-order chi connectivity index (χ1) is 14.0. The van der Waals surface area contributed by atoms with Gasteiger partial charge >= 0.3 is 0 Å². The van der Waals surface area contributed by atoms with Crippen molar-refractivity contribution in [2.24, 2.45) is 0 Å². The molecule has 8 heteroatoms. The topological polar surface area (TPSA) is 73.0 Å². The fourth-order valence-corrected chi connectivity index (χ4v) is 3.07. The molecule has 4 rings (SSSR count). The van der Waals surface area contributed by atoms with Gasteiger partial charge in [-0.1, -0.05) is 35.0 Å². The molecule has 0 radical (unpaired) electrons. The molecule has 0 aliphatic carbocycles. The van der Waals surface area contributed by atoms with Gasteiger partial charge in [-0.3, -0.25) is 4.79 Å². The Balaban J connectivity index is 1.52. The first kappa shape index (κ1) is 18.9. The highest BCUT2D eigenvalue weighted by molar-refractivity contribution is 6.30. The zero-order valence-corrected chi connectivity index (χ0v) is 16.2. The van der Waals surface area contributed by atoms with E-state index in [-0.39, 0.29) is 24.0 Å². The van der Waals surface area contributed by atoms with Crippen LogP contribution in [0.25, 0.3) is 23.0 Å². The molecule has 0 atom stereocenters. The van der Waals surface area contributed by atoms with Crippen molar-refractivity contribution in [3.05, 3.63) is 77.2 Å². The zero-order chi connectivity index (χ0) is 20.4. The Hall–Kier alpha value is -3.45. The van der Waals surface area contributed by atoms with E-state index in [9.17, 15) is 9.18 Å². The third kappa shape index (κ3) is 4.20. The van der Waals surface area contributed by atoms with E-state index in [2.05, 4.69) is 15.5 Å². The van der Waals surface area contributed by atoms with E-state index in [4.69, 9.17) is 16.1 Å². The van der Waals surface area contributed by atoms with Crippen LogP contribution >= 0.6 is 11.6 Å². The van der Waals surface area contributed by atoms with Crippen molar-refractivity contribution in [3.63, 3.8) is 0 Å². The lowest BCUT2D eigenvalue weighted by Gasteiger charge is -2.09. The Morgan fingerprint density at radius 1 is 1.21 bits per heavy atom. The third-order valence-corrected chi connectivity index (χ3v) is 4.51. The van der Waals surface area contributed by atoms with E-state index in [0.717, 1.165) is 11.1 Å². The normalized spacial score (nSPS) is 10.9. The van der Waals surface area contributed by atoms with Crippen LogP contribution in [0.1, 0.15) is 5.56 Å². The molecule has 29 heavy (non-hydrogen) atoms. The quantitative estimate of drug-likeness (QED) is 0.505. The summed E-state index contributed by atoms with van der Waals surface area (Å²) in [5.41, 5.74) is 2.21. The van der Waals surface area contributed by atoms with Gasteiger partial charge in [0.1, 0.15) is 18.1 Å². The van der Waals surface area contributed by atoms with Gasteiger partial charge in [0.2, 0.25) is 11.7 Å². The van der Waals surface area contributed by atoms with Crippen molar-refractivity contribution in [3.8, 4) is 23.0 Å². The van der Waals surface area contributed by atoms with Crippen LogP contribution in [0.2, 0.25) is 5.02 Å². The molecular formula is C21H16ClFN4O2. The minimum absolute atomic E-state index is 0.0372. The van der Waals surface area contributed by atoms with Crippen LogP contribution in [-0.2, 0) is 11.3 Å². The summed E-state index contributed by atoms with van der Waals surface area (Å²) >= 11 is 6.01. The maximum absolute atomic E-state index is 14.0. The van der Waals surface area contributed by atoms with Crippen molar-refractivity contribution in [1.82, 2.24) is 14.7 Å². The van der Waals surface area contributed by atoms with E-state index in [1.807, 2.05) is 6.07 Å². The van der Waals surface area contributed by atoms with E-state index < -0.39 is 5.82 Å². The summed E-state index contributed by atoms with van der Waals surface area (Å²) in [5, 5.41) is 7.13. The predicted octanol–water partition coefficient (Wildman–Crippen LogP) is 4.94. The molecule has 0 aliphatic rings. The maximum Gasteiger partial charge on any atom is 0.274 e. The zero-order valence-electron chi connectivity index (χ0n) is 15.4. The number of hydrogen-bond acceptors (Lipinski definition) is 4. The van der Waals surface area contributed by atoms with Crippen molar-refractivity contribution in [2.45, 2.75) is 13.5 Å². The monoisotopic (exact) mass is 410 g/mol. The number of halogens is 2. The highest BCUT2D eigenvalue weighted by atomic mass is 35.5. The largest absolute Gasteiger partial charge is 0.334 e. The molecule has 0 fully saturated rings. The number of aryl methyl sites for hydroxylation is 1. The van der Waals surface area contributed by atoms with Gasteiger partial charge in [0.05, 0.1) is 5.69 Å². The lowest BCUT2D eigenvalue weighted by Crippen LogP contribution is -2.19. The van der Waals surface area contributed by atoms with Crippen LogP contribution in [0.15, 0.2) is 65.3 Å². The van der Waals surface area contributed by atoms with Gasteiger partial charge in [-0.2, -0.15) is 4.98 Å². The van der Waals surface area contributed by atoms with Gasteiger partial charge in [-0.25, -0.2) is 4.39 Å². The van der Waals surface area contributed by atoms with Crippen LogP contribution in [0.3, 0.4) is 0 Å². The van der Waals surface area contributed by atoms with Gasteiger partial charge in [-0.05, 0) is 48.9 Å². The molecule has 146 valence electrons. The Bertz CT molecular complexity index is 1180. The highest BCUT2D eigenvalue weighted by Crippen LogP contribution is 2.24. The van der Waals surface area contributed by atoms with Crippen molar-refractivity contribution in [1.29, 1.82) is 0 Å². The van der Waals surface area contributed by atoms with Crippen LogP contribution < -0.4 is 5.32 Å². The molecule has 0 saturated carbocycles. The summed E-state index contributed by atoms with van der Waals surface area (Å²) < 4.78 is 21.0. The van der Waals surface area contributed by atoms with Gasteiger partial charge in [0, 0.05) is 16.8 Å². The first-order valence-corrected chi connectivity index (χ1v) is 9.18. The highest BCUT2D eigenvalue weighted by Gasteiger charge is 2.16. The maximum atomic E-state index is 14.0. The van der Waals surface area contributed by atoms with Gasteiger partial charge in [0.15, 0.2) is 0 Å². The van der Waals surface area contributed by atoms with Crippen LogP contribution in [-0.4, -0.2) is 20.6 Å². The van der Waals surface area contributed by atoms with E-state index >= 15 is 0 Å². The summed E-state index contributed by atoms with van der Waals surface area (Å²) in [6, 6.07) is 15.3. The SMILES string of the molecule is Cc1ccc(NC(=O)Cn2cccc2-c2nc(-c3cccc(Cl)c3)no2)c(F)c1. The third-order valence-electron chi connectivity index (χ3n) is 4.27. The summed E-state index contributed by atoms with van der Waals surface area (Å²) in [5.74, 6) is -0.199. The van der Waals surface area contributed by atoms with Gasteiger partial charge in [0.25, 0.3) is 5.89 Å². The van der Waals surface area contributed by atoms with Crippen LogP contribution in [0.5, 0.6) is 0 Å². The molecule has 0 aliphatic heterocycles. The number of nitrogens with zero attached hydrogens (tertiary/aromatic N) is 3. The first-order valence-electron chi connectivity index (χ1n) is 8.81. The molecule has 6 nitrogen and oxygen atoms in total. The lowest BCUT2D eigenvalue weighted by atomic mass is 10.2. The van der Waals surface area contributed by atoms with E-state index in [1.165, 1.54) is 12.1 Å². The molecule has 0 saturated heterocycles. The Morgan fingerprint density at radius 3 is 2.86 bits per heavy atom. The van der Waals surface area contributed by atoms with Crippen LogP contribution in [0.4, 0.5) is 10.1 Å². The minimum Gasteiger partial charge on any atom is -0.334 e. The van der Waals surface area contributed by atoms with E-state index in [0.29, 0.717) is 16.5 Å². The van der Waals surface area contributed by atoms with Crippen LogP contribution in [0, 0.1) is 12.7 Å². The Kier molecular flexibility index (Phi) is 5.14. The second kappa shape index (κ2) is 7.89. The number of nitrogens with one attached hydrogen (secondary N) is 1. The lowest BCUT2D eigenvalue weighted by molar-refractivity contribution is -0.116. The fraction of sp³-hybridized carbons (Fsp3) is 0.0952. The predicted molar refractivity (Wildman–Crippen MR) is 108 cm³/mol. The molecule has 2 aromatic heterocycles. The van der Waals surface area contributed by atoms with Gasteiger partial charge < -0.3 is 14.4 Å². The molecule has 1 amide bonds. The molecule has 0 unspecified atom stereocenters. The Labute approximate surface area is 170 Å². The molecule has 0 spiro atoms. The number of amides is 1. The summed E-state index contributed by atoms with van der Waals surface area (Å²) in [6.45, 7) is 1.74. The molecule has 2 heterocycles. The summed E-state index contributed by atoms with van der Waals surface area (Å²) in [4.78, 5) is 16.8. The van der Waals surface area contributed by atoms with Crippen molar-refractivity contribution < 1.29 is 13.7 Å². The molecule has 0 bridgehead atoms. The average molecular weight is 411 g/mol.